The molecule has 0 N–H and O–H groups in total. The molecule has 2 aromatic carbocycles. The summed E-state index contributed by atoms with van der Waals surface area (Å²) in [5, 5.41) is 0. The maximum Gasteiger partial charge on any atom is -0.00391 e. The maximum absolute atomic E-state index is 2.50. The van der Waals surface area contributed by atoms with E-state index in [9.17, 15) is 0 Å². The van der Waals surface area contributed by atoms with Crippen LogP contribution in [0.1, 0.15) is 82.9 Å². The van der Waals surface area contributed by atoms with Gasteiger partial charge < -0.3 is 0 Å². The first kappa shape index (κ1) is 18.9. The minimum Gasteiger partial charge on any atom is -0.0613 e. The third kappa shape index (κ3) is 2.79. The summed E-state index contributed by atoms with van der Waals surface area (Å²) in [6.45, 7) is 9.42. The average Bonchev–Trinajstić information content (AvgIpc) is 3.04. The van der Waals surface area contributed by atoms with Crippen LogP contribution in [-0.4, -0.2) is 0 Å². The molecule has 0 spiro atoms. The number of hydrogen-bond donors (Lipinski definition) is 0. The Hall–Kier alpha value is -1.82. The van der Waals surface area contributed by atoms with E-state index in [0.29, 0.717) is 5.41 Å². The summed E-state index contributed by atoms with van der Waals surface area (Å²) in [4.78, 5) is 0. The number of allylic oxidation sites excluding steroid dienone is 2. The molecule has 5 aliphatic carbocycles. The predicted octanol–water partition coefficient (Wildman–Crippen LogP) is 8.20. The maximum atomic E-state index is 2.50. The number of rotatable bonds is 2. The van der Waals surface area contributed by atoms with Crippen molar-refractivity contribution in [1.29, 1.82) is 0 Å². The number of benzene rings is 2. The second-order valence-corrected chi connectivity index (χ2v) is 12.1. The molecule has 0 unspecified atom stereocenters. The van der Waals surface area contributed by atoms with Crippen molar-refractivity contribution in [2.45, 2.75) is 78.1 Å². The van der Waals surface area contributed by atoms with Crippen LogP contribution in [0.5, 0.6) is 0 Å². The third-order valence-corrected chi connectivity index (χ3v) is 9.10. The zero-order chi connectivity index (χ0) is 20.7. The van der Waals surface area contributed by atoms with Crippen LogP contribution in [0.2, 0.25) is 0 Å². The van der Waals surface area contributed by atoms with E-state index in [-0.39, 0.29) is 5.41 Å². The van der Waals surface area contributed by atoms with Gasteiger partial charge in [-0.25, -0.2) is 0 Å². The van der Waals surface area contributed by atoms with Crippen LogP contribution >= 0.6 is 0 Å². The zero-order valence-electron chi connectivity index (χ0n) is 19.2. The van der Waals surface area contributed by atoms with Crippen LogP contribution in [0, 0.1) is 23.2 Å². The lowest BCUT2D eigenvalue weighted by atomic mass is 9.48. The van der Waals surface area contributed by atoms with Gasteiger partial charge in [0.15, 0.2) is 0 Å². The predicted molar refractivity (Wildman–Crippen MR) is 127 cm³/mol. The van der Waals surface area contributed by atoms with Crippen LogP contribution in [0.4, 0.5) is 0 Å². The van der Waals surface area contributed by atoms with Gasteiger partial charge >= 0.3 is 0 Å². The molecule has 0 aliphatic heterocycles. The first-order valence-corrected chi connectivity index (χ1v) is 12.3. The lowest BCUT2D eigenvalue weighted by molar-refractivity contribution is -0.00518. The lowest BCUT2D eigenvalue weighted by Crippen LogP contribution is -2.48. The standard InChI is InChI=1S/C30H36/c1-19-27(29(2,3)4)15-24-6-5-7-26(28(19)24)23-8-10-25(11-9-23)30-16-20-12-21(17-30)14-22(13-20)18-30/h5-11,20-22H,12-18H2,1-4H3. The van der Waals surface area contributed by atoms with Crippen molar-refractivity contribution in [1.82, 2.24) is 0 Å². The molecule has 0 nitrogen and oxygen atoms in total. The van der Waals surface area contributed by atoms with Crippen molar-refractivity contribution in [2.75, 3.05) is 0 Å². The first-order valence-electron chi connectivity index (χ1n) is 12.3. The van der Waals surface area contributed by atoms with Crippen molar-refractivity contribution in [2.24, 2.45) is 23.2 Å². The summed E-state index contributed by atoms with van der Waals surface area (Å²) in [5.41, 5.74) is 11.3. The van der Waals surface area contributed by atoms with Gasteiger partial charge in [0.1, 0.15) is 0 Å². The normalized spacial score (nSPS) is 32.1. The molecule has 0 heteroatoms. The van der Waals surface area contributed by atoms with Gasteiger partial charge in [-0.3, -0.25) is 0 Å². The Morgan fingerprint density at radius 2 is 1.40 bits per heavy atom. The quantitative estimate of drug-likeness (QED) is 0.480. The minimum atomic E-state index is 0.239. The van der Waals surface area contributed by atoms with E-state index in [0.717, 1.165) is 24.2 Å². The summed E-state index contributed by atoms with van der Waals surface area (Å²) in [5.74, 6) is 3.03. The molecule has 0 radical (unpaired) electrons. The Morgan fingerprint density at radius 3 is 1.97 bits per heavy atom. The summed E-state index contributed by atoms with van der Waals surface area (Å²) >= 11 is 0. The minimum absolute atomic E-state index is 0.239. The highest BCUT2D eigenvalue weighted by molar-refractivity contribution is 5.87. The van der Waals surface area contributed by atoms with Gasteiger partial charge in [-0.1, -0.05) is 68.8 Å². The van der Waals surface area contributed by atoms with Crippen LogP contribution in [0.3, 0.4) is 0 Å². The van der Waals surface area contributed by atoms with Gasteiger partial charge in [0, 0.05) is 0 Å². The third-order valence-electron chi connectivity index (χ3n) is 9.10. The SMILES string of the molecule is CC1=C(C(C)(C)C)Cc2cccc(-c3ccc(C45CC6CC(CC(C6)C4)C5)cc3)c21. The van der Waals surface area contributed by atoms with E-state index in [1.54, 1.807) is 11.1 Å². The molecule has 156 valence electrons. The summed E-state index contributed by atoms with van der Waals surface area (Å²) in [7, 11) is 0. The summed E-state index contributed by atoms with van der Waals surface area (Å²) < 4.78 is 0. The topological polar surface area (TPSA) is 0 Å². The molecule has 0 atom stereocenters. The van der Waals surface area contributed by atoms with Gasteiger partial charge in [-0.15, -0.1) is 0 Å². The second kappa shape index (κ2) is 6.35. The Labute approximate surface area is 182 Å². The number of fused-ring (bicyclic) bond motifs is 1. The molecular formula is C30H36. The Kier molecular flexibility index (Phi) is 4.00. The van der Waals surface area contributed by atoms with Crippen LogP contribution in [0.15, 0.2) is 48.0 Å². The van der Waals surface area contributed by atoms with Gasteiger partial charge in [0.2, 0.25) is 0 Å². The molecule has 5 aliphatic rings. The van der Waals surface area contributed by atoms with Gasteiger partial charge in [-0.05, 0) is 114 Å². The molecule has 0 amide bonds. The van der Waals surface area contributed by atoms with Gasteiger partial charge in [-0.2, -0.15) is 0 Å². The lowest BCUT2D eigenvalue weighted by Gasteiger charge is -2.57. The highest BCUT2D eigenvalue weighted by Crippen LogP contribution is 2.60. The van der Waals surface area contributed by atoms with Crippen molar-refractivity contribution in [3.05, 3.63) is 64.7 Å². The molecule has 0 aromatic heterocycles. The monoisotopic (exact) mass is 396 g/mol. The summed E-state index contributed by atoms with van der Waals surface area (Å²) in [6.07, 6.45) is 10.0. The first-order chi connectivity index (χ1) is 14.3. The Bertz CT molecular complexity index is 989. The van der Waals surface area contributed by atoms with E-state index in [4.69, 9.17) is 0 Å². The molecule has 4 fully saturated rings. The van der Waals surface area contributed by atoms with E-state index >= 15 is 0 Å². The molecule has 2 aromatic rings. The molecule has 0 saturated heterocycles. The fourth-order valence-electron chi connectivity index (χ4n) is 8.20. The molecule has 4 bridgehead atoms. The highest BCUT2D eigenvalue weighted by Gasteiger charge is 2.51. The second-order valence-electron chi connectivity index (χ2n) is 12.1. The van der Waals surface area contributed by atoms with Crippen LogP contribution < -0.4 is 0 Å². The van der Waals surface area contributed by atoms with Crippen molar-refractivity contribution in [3.63, 3.8) is 0 Å². The van der Waals surface area contributed by atoms with E-state index < -0.39 is 0 Å². The van der Waals surface area contributed by atoms with Crippen molar-refractivity contribution in [3.8, 4) is 11.1 Å². The molecule has 7 rings (SSSR count). The average molecular weight is 397 g/mol. The smallest absolute Gasteiger partial charge is 0.00391 e. The van der Waals surface area contributed by atoms with E-state index in [1.165, 1.54) is 66.4 Å². The molecule has 4 saturated carbocycles. The summed E-state index contributed by atoms with van der Waals surface area (Å²) in [6, 6.07) is 16.8. The van der Waals surface area contributed by atoms with Gasteiger partial charge in [0.05, 0.1) is 0 Å². The number of hydrogen-bond acceptors (Lipinski definition) is 0. The molecule has 30 heavy (non-hydrogen) atoms. The Morgan fingerprint density at radius 1 is 0.800 bits per heavy atom. The van der Waals surface area contributed by atoms with Crippen LogP contribution in [0.25, 0.3) is 16.7 Å². The fraction of sp³-hybridized carbons (Fsp3) is 0.533. The molecular weight excluding hydrogens is 360 g/mol. The van der Waals surface area contributed by atoms with Crippen molar-refractivity contribution < 1.29 is 0 Å². The largest absolute Gasteiger partial charge is 0.0613 e. The van der Waals surface area contributed by atoms with Crippen LogP contribution in [-0.2, 0) is 11.8 Å². The van der Waals surface area contributed by atoms with Gasteiger partial charge in [0.25, 0.3) is 0 Å². The molecule has 0 heterocycles. The highest BCUT2D eigenvalue weighted by atomic mass is 14.6. The zero-order valence-corrected chi connectivity index (χ0v) is 19.2. The van der Waals surface area contributed by atoms with E-state index in [1.807, 2.05) is 0 Å². The van der Waals surface area contributed by atoms with E-state index in [2.05, 4.69) is 70.2 Å². The fourth-order valence-corrected chi connectivity index (χ4v) is 8.20. The van der Waals surface area contributed by atoms with Crippen molar-refractivity contribution >= 4 is 5.57 Å². The Balaban J connectivity index is 1.37.